The summed E-state index contributed by atoms with van der Waals surface area (Å²) < 4.78 is 75.1. The van der Waals surface area contributed by atoms with Gasteiger partial charge in [-0.15, -0.1) is 0 Å². The highest BCUT2D eigenvalue weighted by Gasteiger charge is 2.69. The van der Waals surface area contributed by atoms with Crippen molar-refractivity contribution in [2.45, 2.75) is 66.2 Å². The van der Waals surface area contributed by atoms with Crippen molar-refractivity contribution in [3.8, 4) is 0 Å². The number of rotatable bonds is 9. The highest BCUT2D eigenvalue weighted by molar-refractivity contribution is 7.90. The Bertz CT molecular complexity index is 2320. The molecule has 7 rings (SSSR count). The van der Waals surface area contributed by atoms with Crippen molar-refractivity contribution in [2.75, 3.05) is 0 Å². The van der Waals surface area contributed by atoms with Crippen LogP contribution in [0.25, 0.3) is 11.6 Å². The Morgan fingerprint density at radius 1 is 0.654 bits per heavy atom. The van der Waals surface area contributed by atoms with E-state index in [4.69, 9.17) is 0 Å². The Balaban J connectivity index is 1.45. The fourth-order valence-corrected chi connectivity index (χ4v) is 13.0. The zero-order valence-electron chi connectivity index (χ0n) is 29.5. The number of carbonyl (C=O) groups is 3. The first-order valence-electron chi connectivity index (χ1n) is 17.6. The number of hydrogen-bond donors (Lipinski definition) is 2. The Labute approximate surface area is 304 Å². The lowest BCUT2D eigenvalue weighted by Crippen LogP contribution is -2.41. The van der Waals surface area contributed by atoms with Crippen molar-refractivity contribution in [1.82, 2.24) is 0 Å². The second-order valence-electron chi connectivity index (χ2n) is 16.0. The third kappa shape index (κ3) is 5.18. The Morgan fingerprint density at radius 2 is 1.17 bits per heavy atom. The van der Waals surface area contributed by atoms with E-state index in [-0.39, 0.29) is 64.5 Å². The third-order valence-electron chi connectivity index (χ3n) is 13.3. The summed E-state index contributed by atoms with van der Waals surface area (Å²) in [6.07, 6.45) is 3.47. The van der Waals surface area contributed by atoms with Crippen molar-refractivity contribution < 1.29 is 40.3 Å². The average Bonchev–Trinajstić information content (AvgIpc) is 3.63. The number of allylic oxidation sites excluding steroid dienone is 2. The summed E-state index contributed by atoms with van der Waals surface area (Å²) in [5, 5.41) is 0. The largest absolute Gasteiger partial charge is 0.299 e. The van der Waals surface area contributed by atoms with Gasteiger partial charge in [0.1, 0.15) is 11.6 Å². The molecule has 0 radical (unpaired) electrons. The number of benzene rings is 3. The first kappa shape index (κ1) is 36.3. The first-order valence-corrected chi connectivity index (χ1v) is 20.4. The molecule has 0 aromatic heterocycles. The summed E-state index contributed by atoms with van der Waals surface area (Å²) in [7, 11) is -9.87. The topological polar surface area (TPSA) is 160 Å². The predicted molar refractivity (Wildman–Crippen MR) is 197 cm³/mol. The van der Waals surface area contributed by atoms with Crippen molar-refractivity contribution >= 4 is 49.2 Å². The van der Waals surface area contributed by atoms with E-state index in [0.717, 1.165) is 0 Å². The maximum absolute atomic E-state index is 13.9. The molecule has 4 fully saturated rings. The van der Waals surface area contributed by atoms with Gasteiger partial charge in [-0.05, 0) is 77.2 Å². The zero-order valence-corrected chi connectivity index (χ0v) is 31.2. The van der Waals surface area contributed by atoms with Gasteiger partial charge in [-0.25, -0.2) is 0 Å². The van der Waals surface area contributed by atoms with Crippen LogP contribution in [0.1, 0.15) is 98.8 Å². The van der Waals surface area contributed by atoms with E-state index in [0.29, 0.717) is 41.5 Å². The molecule has 0 aliphatic heterocycles. The quantitative estimate of drug-likeness (QED) is 0.166. The SMILES string of the molecule is CC1(C)C2CCC1(C(=Cc1ccc(C(=C(C34CCC(CC3=O)C4(C)C)S(=O)(=O)O)c3cccc(C(=O)c4ccccc4)c3)cc1)S(=O)(=O)O)C(=O)C2. The van der Waals surface area contributed by atoms with E-state index in [2.05, 4.69) is 0 Å². The normalized spacial score (nSPS) is 28.3. The van der Waals surface area contributed by atoms with Crippen molar-refractivity contribution in [3.05, 3.63) is 116 Å². The molecule has 11 heteroatoms. The minimum Gasteiger partial charge on any atom is -0.299 e. The highest BCUT2D eigenvalue weighted by atomic mass is 32.2. The zero-order chi connectivity index (χ0) is 37.6. The molecule has 0 saturated heterocycles. The molecule has 4 aliphatic rings. The van der Waals surface area contributed by atoms with Crippen LogP contribution in [0.5, 0.6) is 0 Å². The van der Waals surface area contributed by atoms with Crippen LogP contribution in [0.2, 0.25) is 0 Å². The number of hydrogen-bond acceptors (Lipinski definition) is 7. The molecule has 4 atom stereocenters. The average molecular weight is 743 g/mol. The van der Waals surface area contributed by atoms with Gasteiger partial charge in [-0.3, -0.25) is 23.5 Å². The maximum atomic E-state index is 13.9. The molecule has 52 heavy (non-hydrogen) atoms. The molecular weight excluding hydrogens is 701 g/mol. The Hall–Kier alpha value is -4.03. The van der Waals surface area contributed by atoms with Crippen LogP contribution in [0.3, 0.4) is 0 Å². The minimum absolute atomic E-state index is 0.0132. The van der Waals surface area contributed by atoms with Crippen molar-refractivity contribution in [3.63, 3.8) is 0 Å². The van der Waals surface area contributed by atoms with E-state index < -0.39 is 46.8 Å². The van der Waals surface area contributed by atoms with Crippen molar-refractivity contribution in [1.29, 1.82) is 0 Å². The lowest BCUT2D eigenvalue weighted by Gasteiger charge is -2.38. The minimum atomic E-state index is -5.05. The van der Waals surface area contributed by atoms with Gasteiger partial charge >= 0.3 is 0 Å². The standard InChI is InChI=1S/C41H42O9S2/c1-38(2)30-17-19-40(38,32(42)23-30)34(51(45,46)47)21-25-13-15-26(16-14-25)35(28-11-8-12-29(22-28)36(44)27-9-6-5-7-10-27)37(52(48,49)50)41-20-18-31(24-33(41)43)39(41,3)4/h5-16,21-22,30-31H,17-20,23-24H2,1-4H3,(H,45,46,47)(H,48,49,50). The molecular formula is C41H42O9S2. The molecule has 4 unspecified atom stereocenters. The lowest BCUT2D eigenvalue weighted by atomic mass is 9.67. The van der Waals surface area contributed by atoms with Crippen molar-refractivity contribution in [2.24, 2.45) is 33.5 Å². The van der Waals surface area contributed by atoms with E-state index in [1.54, 1.807) is 78.9 Å². The van der Waals surface area contributed by atoms with Gasteiger partial charge in [0.25, 0.3) is 20.2 Å². The molecule has 4 bridgehead atoms. The summed E-state index contributed by atoms with van der Waals surface area (Å²) in [6.45, 7) is 7.44. The molecule has 2 N–H and O–H groups in total. The summed E-state index contributed by atoms with van der Waals surface area (Å²) in [5.74, 6) is -0.901. The van der Waals surface area contributed by atoms with E-state index >= 15 is 0 Å². The number of ketones is 3. The van der Waals surface area contributed by atoms with Gasteiger partial charge in [0, 0.05) is 29.5 Å². The highest BCUT2D eigenvalue weighted by Crippen LogP contribution is 2.69. The monoisotopic (exact) mass is 742 g/mol. The van der Waals surface area contributed by atoms with Crippen LogP contribution in [0, 0.1) is 33.5 Å². The lowest BCUT2D eigenvalue weighted by molar-refractivity contribution is -0.127. The molecule has 0 heterocycles. The third-order valence-corrected chi connectivity index (χ3v) is 15.4. The van der Waals surface area contributed by atoms with Crippen LogP contribution in [0.15, 0.2) is 88.7 Å². The van der Waals surface area contributed by atoms with Gasteiger partial charge in [-0.2, -0.15) is 16.8 Å². The summed E-state index contributed by atoms with van der Waals surface area (Å²) in [4.78, 5) is 40.1. The molecule has 4 saturated carbocycles. The smallest absolute Gasteiger partial charge is 0.292 e. The van der Waals surface area contributed by atoms with Crippen LogP contribution < -0.4 is 0 Å². The van der Waals surface area contributed by atoms with Gasteiger partial charge < -0.3 is 0 Å². The fraction of sp³-hybridized carbons (Fsp3) is 0.390. The second kappa shape index (κ2) is 12.0. The van der Waals surface area contributed by atoms with E-state index in [9.17, 15) is 40.3 Å². The van der Waals surface area contributed by atoms with Crippen LogP contribution >= 0.6 is 0 Å². The molecule has 0 amide bonds. The Morgan fingerprint density at radius 3 is 1.65 bits per heavy atom. The van der Waals surface area contributed by atoms with Crippen LogP contribution in [-0.2, 0) is 29.8 Å². The van der Waals surface area contributed by atoms with Gasteiger partial charge in [0.15, 0.2) is 5.78 Å². The molecule has 272 valence electrons. The molecule has 0 spiro atoms. The van der Waals surface area contributed by atoms with Gasteiger partial charge in [-0.1, -0.05) is 100 Å². The number of carbonyl (C=O) groups excluding carboxylic acids is 3. The second-order valence-corrected chi connectivity index (χ2v) is 18.8. The van der Waals surface area contributed by atoms with Crippen LogP contribution in [-0.4, -0.2) is 43.3 Å². The summed E-state index contributed by atoms with van der Waals surface area (Å²) in [5.41, 5.74) is -2.76. The number of Topliss-reactive ketones (excluding diaryl/α,β-unsaturated/α-hetero) is 2. The predicted octanol–water partition coefficient (Wildman–Crippen LogP) is 7.58. The van der Waals surface area contributed by atoms with E-state index in [1.807, 2.05) is 27.7 Å². The number of fused-ring (bicyclic) bond motifs is 4. The fourth-order valence-electron chi connectivity index (χ4n) is 10.3. The summed E-state index contributed by atoms with van der Waals surface area (Å²) in [6, 6.07) is 21.2. The maximum Gasteiger partial charge on any atom is 0.292 e. The molecule has 3 aromatic carbocycles. The van der Waals surface area contributed by atoms with Gasteiger partial charge in [0.05, 0.1) is 20.6 Å². The van der Waals surface area contributed by atoms with Crippen LogP contribution in [0.4, 0.5) is 0 Å². The molecule has 3 aromatic rings. The summed E-state index contributed by atoms with van der Waals surface area (Å²) >= 11 is 0. The Kier molecular flexibility index (Phi) is 8.38. The first-order chi connectivity index (χ1) is 24.3. The molecule has 4 aliphatic carbocycles. The molecule has 9 nitrogen and oxygen atoms in total. The van der Waals surface area contributed by atoms with E-state index in [1.165, 1.54) is 6.08 Å². The van der Waals surface area contributed by atoms with Gasteiger partial charge in [0.2, 0.25) is 0 Å².